The van der Waals surface area contributed by atoms with Crippen molar-refractivity contribution in [3.63, 3.8) is 0 Å². The van der Waals surface area contributed by atoms with Crippen LogP contribution in [0.25, 0.3) is 0 Å². The fourth-order valence-electron chi connectivity index (χ4n) is 1.68. The van der Waals surface area contributed by atoms with E-state index in [1.165, 1.54) is 19.2 Å². The second-order valence-electron chi connectivity index (χ2n) is 3.98. The highest BCUT2D eigenvalue weighted by molar-refractivity contribution is 5.61. The summed E-state index contributed by atoms with van der Waals surface area (Å²) in [5.41, 5.74) is 0.828. The van der Waals surface area contributed by atoms with Gasteiger partial charge in [0.1, 0.15) is 5.75 Å². The summed E-state index contributed by atoms with van der Waals surface area (Å²) in [5.74, 6) is 0.502. The molecule has 1 atom stereocenters. The molecule has 0 fully saturated rings. The van der Waals surface area contributed by atoms with Crippen LogP contribution in [-0.4, -0.2) is 18.1 Å². The minimum absolute atomic E-state index is 0.0375. The highest BCUT2D eigenvalue weighted by Gasteiger charge is 2.12. The van der Waals surface area contributed by atoms with Crippen molar-refractivity contribution < 1.29 is 9.66 Å². The average Bonchev–Trinajstić information content (AvgIpc) is 2.29. The second-order valence-corrected chi connectivity index (χ2v) is 3.98. The van der Waals surface area contributed by atoms with Crippen LogP contribution in [0.3, 0.4) is 0 Å². The summed E-state index contributed by atoms with van der Waals surface area (Å²) in [6.07, 6.45) is 2.13. The van der Waals surface area contributed by atoms with Crippen LogP contribution in [-0.2, 0) is 0 Å². The molecule has 0 saturated carbocycles. The van der Waals surface area contributed by atoms with Crippen molar-refractivity contribution >= 4 is 11.4 Å². The lowest BCUT2D eigenvalue weighted by Crippen LogP contribution is -2.15. The Balaban J connectivity index is 2.88. The molecule has 0 heterocycles. The van der Waals surface area contributed by atoms with Gasteiger partial charge in [0.2, 0.25) is 0 Å². The predicted molar refractivity (Wildman–Crippen MR) is 67.6 cm³/mol. The molecule has 5 nitrogen and oxygen atoms in total. The topological polar surface area (TPSA) is 64.4 Å². The molecule has 0 radical (unpaired) electrons. The Hall–Kier alpha value is -1.78. The van der Waals surface area contributed by atoms with E-state index in [1.54, 1.807) is 6.07 Å². The third-order valence-electron chi connectivity index (χ3n) is 2.52. The van der Waals surface area contributed by atoms with E-state index < -0.39 is 4.92 Å². The Morgan fingerprint density at radius 1 is 1.53 bits per heavy atom. The van der Waals surface area contributed by atoms with Crippen molar-refractivity contribution in [3.8, 4) is 5.75 Å². The summed E-state index contributed by atoms with van der Waals surface area (Å²) in [7, 11) is 1.51. The van der Waals surface area contributed by atoms with Crippen LogP contribution >= 0.6 is 0 Å². The molecule has 1 rings (SSSR count). The molecule has 1 unspecified atom stereocenters. The van der Waals surface area contributed by atoms with Gasteiger partial charge in [-0.2, -0.15) is 0 Å². The number of rotatable bonds is 6. The quantitative estimate of drug-likeness (QED) is 0.610. The van der Waals surface area contributed by atoms with Crippen molar-refractivity contribution in [2.45, 2.75) is 32.7 Å². The number of nitro groups is 1. The van der Waals surface area contributed by atoms with Gasteiger partial charge in [-0.3, -0.25) is 10.1 Å². The van der Waals surface area contributed by atoms with Crippen molar-refractivity contribution in [1.82, 2.24) is 0 Å². The van der Waals surface area contributed by atoms with Gasteiger partial charge in [-0.15, -0.1) is 0 Å². The zero-order valence-corrected chi connectivity index (χ0v) is 10.4. The number of methoxy groups -OCH3 is 1. The lowest BCUT2D eigenvalue weighted by atomic mass is 10.1. The van der Waals surface area contributed by atoms with E-state index >= 15 is 0 Å². The predicted octanol–water partition coefficient (Wildman–Crippen LogP) is 3.20. The normalized spacial score (nSPS) is 11.9. The number of nitrogens with one attached hydrogen (secondary N) is 1. The monoisotopic (exact) mass is 238 g/mol. The van der Waals surface area contributed by atoms with E-state index in [4.69, 9.17) is 4.74 Å². The lowest BCUT2D eigenvalue weighted by molar-refractivity contribution is -0.384. The minimum atomic E-state index is -0.429. The SMILES string of the molecule is CCCC(C)Nc1ccc([N+](=O)[O-])cc1OC. The molecule has 5 heteroatoms. The summed E-state index contributed by atoms with van der Waals surface area (Å²) in [4.78, 5) is 10.2. The number of non-ortho nitro benzene ring substituents is 1. The standard InChI is InChI=1S/C12H18N2O3/c1-4-5-9(2)13-11-7-6-10(14(15)16)8-12(11)17-3/h6-9,13H,4-5H2,1-3H3. The molecule has 0 bridgehead atoms. The van der Waals surface area contributed by atoms with Crippen LogP contribution in [0.4, 0.5) is 11.4 Å². The molecular weight excluding hydrogens is 220 g/mol. The maximum absolute atomic E-state index is 10.6. The molecule has 94 valence electrons. The first-order valence-corrected chi connectivity index (χ1v) is 5.67. The summed E-state index contributed by atoms with van der Waals surface area (Å²) < 4.78 is 5.15. The first-order valence-electron chi connectivity index (χ1n) is 5.67. The lowest BCUT2D eigenvalue weighted by Gasteiger charge is -2.16. The fourth-order valence-corrected chi connectivity index (χ4v) is 1.68. The summed E-state index contributed by atoms with van der Waals surface area (Å²) in [6, 6.07) is 4.91. The highest BCUT2D eigenvalue weighted by Crippen LogP contribution is 2.29. The number of anilines is 1. The van der Waals surface area contributed by atoms with Gasteiger partial charge in [-0.25, -0.2) is 0 Å². The average molecular weight is 238 g/mol. The van der Waals surface area contributed by atoms with E-state index in [0.717, 1.165) is 18.5 Å². The fraction of sp³-hybridized carbons (Fsp3) is 0.500. The number of nitro benzene ring substituents is 1. The Kier molecular flexibility index (Phi) is 4.75. The molecule has 1 aromatic rings. The van der Waals surface area contributed by atoms with E-state index in [9.17, 15) is 10.1 Å². The molecule has 1 N–H and O–H groups in total. The summed E-state index contributed by atoms with van der Waals surface area (Å²) in [5, 5.41) is 13.9. The maximum Gasteiger partial charge on any atom is 0.273 e. The second kappa shape index (κ2) is 6.08. The molecule has 0 saturated heterocycles. The molecule has 0 aromatic heterocycles. The molecule has 0 amide bonds. The van der Waals surface area contributed by atoms with E-state index in [0.29, 0.717) is 11.8 Å². The van der Waals surface area contributed by atoms with Gasteiger partial charge >= 0.3 is 0 Å². The van der Waals surface area contributed by atoms with Gasteiger partial charge in [-0.1, -0.05) is 13.3 Å². The molecule has 17 heavy (non-hydrogen) atoms. The Labute approximate surface area is 101 Å². The van der Waals surface area contributed by atoms with Gasteiger partial charge in [0, 0.05) is 12.1 Å². The molecule has 0 aliphatic carbocycles. The molecule has 0 aliphatic rings. The first kappa shape index (κ1) is 13.3. The molecule has 1 aromatic carbocycles. The van der Waals surface area contributed by atoms with Gasteiger partial charge < -0.3 is 10.1 Å². The third kappa shape index (κ3) is 3.62. The zero-order valence-electron chi connectivity index (χ0n) is 10.4. The van der Waals surface area contributed by atoms with Gasteiger partial charge in [-0.05, 0) is 19.4 Å². The molecular formula is C12H18N2O3. The van der Waals surface area contributed by atoms with Crippen LogP contribution in [0.2, 0.25) is 0 Å². The van der Waals surface area contributed by atoms with E-state index in [1.807, 2.05) is 0 Å². The van der Waals surface area contributed by atoms with Crippen LogP contribution in [0.1, 0.15) is 26.7 Å². The largest absolute Gasteiger partial charge is 0.494 e. The molecule has 0 spiro atoms. The van der Waals surface area contributed by atoms with Crippen molar-refractivity contribution in [1.29, 1.82) is 0 Å². The van der Waals surface area contributed by atoms with Crippen LogP contribution in [0, 0.1) is 10.1 Å². The minimum Gasteiger partial charge on any atom is -0.494 e. The third-order valence-corrected chi connectivity index (χ3v) is 2.52. The zero-order chi connectivity index (χ0) is 12.8. The van der Waals surface area contributed by atoms with E-state index in [-0.39, 0.29) is 5.69 Å². The van der Waals surface area contributed by atoms with Crippen molar-refractivity contribution in [2.24, 2.45) is 0 Å². The van der Waals surface area contributed by atoms with Gasteiger partial charge in [0.15, 0.2) is 0 Å². The number of benzene rings is 1. The number of ether oxygens (including phenoxy) is 1. The van der Waals surface area contributed by atoms with Crippen LogP contribution < -0.4 is 10.1 Å². The maximum atomic E-state index is 10.6. The van der Waals surface area contributed by atoms with E-state index in [2.05, 4.69) is 19.2 Å². The number of hydrogen-bond acceptors (Lipinski definition) is 4. The Bertz CT molecular complexity index is 393. The Morgan fingerprint density at radius 3 is 2.76 bits per heavy atom. The van der Waals surface area contributed by atoms with Crippen LogP contribution in [0.5, 0.6) is 5.75 Å². The van der Waals surface area contributed by atoms with Crippen molar-refractivity contribution in [3.05, 3.63) is 28.3 Å². The number of nitrogens with zero attached hydrogens (tertiary/aromatic N) is 1. The Morgan fingerprint density at radius 2 is 2.24 bits per heavy atom. The summed E-state index contributed by atoms with van der Waals surface area (Å²) in [6.45, 7) is 4.19. The molecule has 0 aliphatic heterocycles. The number of hydrogen-bond donors (Lipinski definition) is 1. The highest BCUT2D eigenvalue weighted by atomic mass is 16.6. The first-order chi connectivity index (χ1) is 8.08. The van der Waals surface area contributed by atoms with Crippen LogP contribution in [0.15, 0.2) is 18.2 Å². The smallest absolute Gasteiger partial charge is 0.273 e. The van der Waals surface area contributed by atoms with Crippen molar-refractivity contribution in [2.75, 3.05) is 12.4 Å². The summed E-state index contributed by atoms with van der Waals surface area (Å²) >= 11 is 0. The van der Waals surface area contributed by atoms with Gasteiger partial charge in [0.05, 0.1) is 23.8 Å². The van der Waals surface area contributed by atoms with Gasteiger partial charge in [0.25, 0.3) is 5.69 Å².